The van der Waals surface area contributed by atoms with Crippen LogP contribution < -0.4 is 10.6 Å². The zero-order valence-electron chi connectivity index (χ0n) is 17.4. The van der Waals surface area contributed by atoms with Crippen LogP contribution >= 0.6 is 0 Å². The molecule has 1 fully saturated rings. The number of ether oxygens (including phenoxy) is 1. The second kappa shape index (κ2) is 12.7. The first-order valence-corrected chi connectivity index (χ1v) is 10.6. The Hall–Kier alpha value is -1.59. The van der Waals surface area contributed by atoms with Crippen molar-refractivity contribution in [2.45, 2.75) is 45.6 Å². The minimum Gasteiger partial charge on any atom is -0.374 e. The van der Waals surface area contributed by atoms with E-state index < -0.39 is 0 Å². The molecule has 1 aliphatic heterocycles. The second-order valence-electron chi connectivity index (χ2n) is 7.44. The van der Waals surface area contributed by atoms with Crippen LogP contribution in [0.5, 0.6) is 0 Å². The molecule has 1 aromatic carbocycles. The summed E-state index contributed by atoms with van der Waals surface area (Å²) in [6.07, 6.45) is 4.94. The van der Waals surface area contributed by atoms with Gasteiger partial charge in [-0.25, -0.2) is 0 Å². The van der Waals surface area contributed by atoms with E-state index in [4.69, 9.17) is 4.74 Å². The molecule has 5 nitrogen and oxygen atoms in total. The highest BCUT2D eigenvalue weighted by atomic mass is 16.5. The summed E-state index contributed by atoms with van der Waals surface area (Å²) in [5.41, 5.74) is 1.23. The molecular weight excluding hydrogens is 336 g/mol. The van der Waals surface area contributed by atoms with Gasteiger partial charge in [0.05, 0.1) is 6.10 Å². The Morgan fingerprint density at radius 1 is 1.22 bits per heavy atom. The molecule has 0 bridgehead atoms. The molecule has 0 radical (unpaired) electrons. The van der Waals surface area contributed by atoms with Crippen LogP contribution in [0.4, 0.5) is 0 Å². The summed E-state index contributed by atoms with van der Waals surface area (Å²) in [6.45, 7) is 10.7. The van der Waals surface area contributed by atoms with Gasteiger partial charge in [0.25, 0.3) is 0 Å². The summed E-state index contributed by atoms with van der Waals surface area (Å²) in [5, 5.41) is 6.89. The number of benzene rings is 1. The molecule has 5 heteroatoms. The van der Waals surface area contributed by atoms with Gasteiger partial charge in [-0.3, -0.25) is 4.99 Å². The third-order valence-electron chi connectivity index (χ3n) is 5.28. The van der Waals surface area contributed by atoms with Gasteiger partial charge in [0.1, 0.15) is 0 Å². The second-order valence-corrected chi connectivity index (χ2v) is 7.44. The van der Waals surface area contributed by atoms with Crippen molar-refractivity contribution in [2.75, 3.05) is 46.4 Å². The van der Waals surface area contributed by atoms with Gasteiger partial charge < -0.3 is 20.3 Å². The predicted octanol–water partition coefficient (Wildman–Crippen LogP) is 3.44. The van der Waals surface area contributed by atoms with Crippen molar-refractivity contribution >= 4 is 5.96 Å². The Bertz CT molecular complexity index is 526. The number of hydrogen-bond acceptors (Lipinski definition) is 3. The van der Waals surface area contributed by atoms with Crippen LogP contribution in [0.15, 0.2) is 35.3 Å². The Labute approximate surface area is 165 Å². The summed E-state index contributed by atoms with van der Waals surface area (Å²) in [5.74, 6) is 1.66. The number of piperidine rings is 1. The molecule has 1 heterocycles. The zero-order chi connectivity index (χ0) is 19.3. The molecule has 1 aromatic rings. The monoisotopic (exact) mass is 374 g/mol. The molecule has 152 valence electrons. The van der Waals surface area contributed by atoms with E-state index in [-0.39, 0.29) is 6.10 Å². The first-order chi connectivity index (χ1) is 13.2. The van der Waals surface area contributed by atoms with Crippen LogP contribution in [-0.4, -0.2) is 57.2 Å². The molecule has 0 spiro atoms. The molecule has 2 rings (SSSR count). The van der Waals surface area contributed by atoms with E-state index in [0.29, 0.717) is 0 Å². The number of likely N-dealkylation sites (tertiary alicyclic amines) is 1. The lowest BCUT2D eigenvalue weighted by atomic mass is 9.97. The molecule has 0 aliphatic carbocycles. The van der Waals surface area contributed by atoms with Gasteiger partial charge >= 0.3 is 0 Å². The molecule has 0 amide bonds. The molecular formula is C22H38N4O. The van der Waals surface area contributed by atoms with E-state index in [9.17, 15) is 0 Å². The van der Waals surface area contributed by atoms with E-state index >= 15 is 0 Å². The van der Waals surface area contributed by atoms with E-state index in [1.807, 2.05) is 13.1 Å². The number of aliphatic imine (C=N–C) groups is 1. The van der Waals surface area contributed by atoms with Crippen molar-refractivity contribution in [3.8, 4) is 0 Å². The first kappa shape index (κ1) is 21.7. The summed E-state index contributed by atoms with van der Waals surface area (Å²) in [4.78, 5) is 6.92. The fourth-order valence-electron chi connectivity index (χ4n) is 3.55. The zero-order valence-corrected chi connectivity index (χ0v) is 17.4. The third kappa shape index (κ3) is 8.31. The van der Waals surface area contributed by atoms with E-state index in [0.717, 1.165) is 38.0 Å². The van der Waals surface area contributed by atoms with Crippen LogP contribution in [0.25, 0.3) is 0 Å². The maximum Gasteiger partial charge on any atom is 0.190 e. The van der Waals surface area contributed by atoms with Gasteiger partial charge in [-0.2, -0.15) is 0 Å². The first-order valence-electron chi connectivity index (χ1n) is 10.6. The van der Waals surface area contributed by atoms with Gasteiger partial charge in [0.15, 0.2) is 5.96 Å². The molecule has 1 unspecified atom stereocenters. The van der Waals surface area contributed by atoms with Crippen LogP contribution in [-0.2, 0) is 4.74 Å². The third-order valence-corrected chi connectivity index (χ3v) is 5.28. The van der Waals surface area contributed by atoms with Gasteiger partial charge in [-0.05, 0) is 63.7 Å². The smallest absolute Gasteiger partial charge is 0.190 e. The average molecular weight is 375 g/mol. The Morgan fingerprint density at radius 2 is 1.96 bits per heavy atom. The summed E-state index contributed by atoms with van der Waals surface area (Å²) in [6, 6.07) is 10.4. The summed E-state index contributed by atoms with van der Waals surface area (Å²) < 4.78 is 5.92. The molecule has 1 aliphatic rings. The van der Waals surface area contributed by atoms with Crippen molar-refractivity contribution in [2.24, 2.45) is 10.9 Å². The highest BCUT2D eigenvalue weighted by molar-refractivity contribution is 5.79. The van der Waals surface area contributed by atoms with Crippen molar-refractivity contribution in [3.05, 3.63) is 35.9 Å². The van der Waals surface area contributed by atoms with Gasteiger partial charge in [-0.1, -0.05) is 37.3 Å². The Morgan fingerprint density at radius 3 is 2.63 bits per heavy atom. The maximum atomic E-state index is 5.92. The minimum absolute atomic E-state index is 0.141. The fraction of sp³-hybridized carbons (Fsp3) is 0.682. The number of nitrogens with one attached hydrogen (secondary N) is 2. The fourth-order valence-corrected chi connectivity index (χ4v) is 3.55. The molecule has 27 heavy (non-hydrogen) atoms. The highest BCUT2D eigenvalue weighted by Crippen LogP contribution is 2.17. The van der Waals surface area contributed by atoms with E-state index in [1.165, 1.54) is 44.5 Å². The van der Waals surface area contributed by atoms with Crippen molar-refractivity contribution in [1.29, 1.82) is 0 Å². The van der Waals surface area contributed by atoms with E-state index in [1.54, 1.807) is 0 Å². The highest BCUT2D eigenvalue weighted by Gasteiger charge is 2.18. The standard InChI is InChI=1S/C22H38N4O/c1-4-14-26-15-11-20(12-16-26)18-25-22(23-3)24-13-8-17-27-19(2)21-9-6-5-7-10-21/h5-7,9-10,19-20H,4,8,11-18H2,1-3H3,(H2,23,24,25). The van der Waals surface area contributed by atoms with Crippen molar-refractivity contribution < 1.29 is 4.74 Å². The van der Waals surface area contributed by atoms with Crippen LogP contribution in [0.1, 0.15) is 51.2 Å². The van der Waals surface area contributed by atoms with Gasteiger partial charge in [-0.15, -0.1) is 0 Å². The molecule has 1 atom stereocenters. The quantitative estimate of drug-likeness (QED) is 0.374. The lowest BCUT2D eigenvalue weighted by Crippen LogP contribution is -2.43. The number of hydrogen-bond donors (Lipinski definition) is 2. The molecule has 0 saturated carbocycles. The topological polar surface area (TPSA) is 48.9 Å². The lowest BCUT2D eigenvalue weighted by Gasteiger charge is -2.32. The van der Waals surface area contributed by atoms with E-state index in [2.05, 4.69) is 58.6 Å². The molecule has 2 N–H and O–H groups in total. The number of nitrogens with zero attached hydrogens (tertiary/aromatic N) is 2. The number of rotatable bonds is 10. The van der Waals surface area contributed by atoms with Crippen molar-refractivity contribution in [1.82, 2.24) is 15.5 Å². The van der Waals surface area contributed by atoms with Crippen LogP contribution in [0.2, 0.25) is 0 Å². The van der Waals surface area contributed by atoms with Crippen LogP contribution in [0.3, 0.4) is 0 Å². The largest absolute Gasteiger partial charge is 0.374 e. The molecule has 1 saturated heterocycles. The Kier molecular flexibility index (Phi) is 10.2. The minimum atomic E-state index is 0.141. The van der Waals surface area contributed by atoms with Gasteiger partial charge in [0.2, 0.25) is 0 Å². The van der Waals surface area contributed by atoms with Crippen LogP contribution in [0, 0.1) is 5.92 Å². The van der Waals surface area contributed by atoms with Crippen molar-refractivity contribution in [3.63, 3.8) is 0 Å². The van der Waals surface area contributed by atoms with Gasteiger partial charge in [0, 0.05) is 26.7 Å². The Balaban J connectivity index is 1.54. The lowest BCUT2D eigenvalue weighted by molar-refractivity contribution is 0.0646. The normalized spacial score (nSPS) is 17.7. The SMILES string of the molecule is CCCN1CCC(CNC(=NC)NCCCOC(C)c2ccccc2)CC1. The maximum absolute atomic E-state index is 5.92. The predicted molar refractivity (Wildman–Crippen MR) is 114 cm³/mol. The number of guanidine groups is 1. The molecule has 0 aromatic heterocycles. The summed E-state index contributed by atoms with van der Waals surface area (Å²) >= 11 is 0. The average Bonchev–Trinajstić information content (AvgIpc) is 2.72. The summed E-state index contributed by atoms with van der Waals surface area (Å²) in [7, 11) is 1.84.